The monoisotopic (exact) mass is 467 g/mol. The van der Waals surface area contributed by atoms with Crippen LogP contribution in [0, 0.1) is 6.92 Å². The summed E-state index contributed by atoms with van der Waals surface area (Å²) >= 11 is 0. The van der Waals surface area contributed by atoms with Gasteiger partial charge < -0.3 is 23.9 Å². The van der Waals surface area contributed by atoms with Crippen molar-refractivity contribution in [1.29, 1.82) is 0 Å². The summed E-state index contributed by atoms with van der Waals surface area (Å²) in [6, 6.07) is 15.4. The number of carbonyl (C=O) groups is 1. The number of alkyl halides is 2. The van der Waals surface area contributed by atoms with E-state index in [4.69, 9.17) is 9.47 Å². The number of benzene rings is 2. The normalized spacial score (nSPS) is 11.0. The predicted molar refractivity (Wildman–Crippen MR) is 121 cm³/mol. The molecular formula is C25H23F2N3O4. The summed E-state index contributed by atoms with van der Waals surface area (Å²) in [6.07, 6.45) is 3.80. The number of fused-ring (bicyclic) bond motifs is 1. The van der Waals surface area contributed by atoms with Crippen LogP contribution in [0.3, 0.4) is 0 Å². The molecule has 176 valence electrons. The van der Waals surface area contributed by atoms with Gasteiger partial charge in [-0.15, -0.1) is 0 Å². The number of pyridine rings is 1. The molecule has 0 fully saturated rings. The lowest BCUT2D eigenvalue weighted by Crippen LogP contribution is -2.23. The maximum atomic E-state index is 12.8. The van der Waals surface area contributed by atoms with E-state index in [1.165, 1.54) is 19.2 Å². The average molecular weight is 467 g/mol. The van der Waals surface area contributed by atoms with E-state index in [9.17, 15) is 13.6 Å². The molecule has 0 aliphatic carbocycles. The molecule has 0 radical (unpaired) electrons. The van der Waals surface area contributed by atoms with E-state index in [1.807, 2.05) is 35.9 Å². The number of methoxy groups -OCH3 is 1. The van der Waals surface area contributed by atoms with Gasteiger partial charge in [0.25, 0.3) is 5.91 Å². The van der Waals surface area contributed by atoms with E-state index >= 15 is 0 Å². The van der Waals surface area contributed by atoms with Crippen LogP contribution < -0.4 is 19.5 Å². The van der Waals surface area contributed by atoms with Crippen LogP contribution in [0.1, 0.15) is 27.2 Å². The second kappa shape index (κ2) is 10.2. The minimum atomic E-state index is -2.99. The molecule has 0 saturated carbocycles. The highest BCUT2D eigenvalue weighted by Crippen LogP contribution is 2.29. The van der Waals surface area contributed by atoms with Crippen LogP contribution in [0.4, 0.5) is 8.78 Å². The van der Waals surface area contributed by atoms with Crippen LogP contribution in [0.5, 0.6) is 17.2 Å². The Kier molecular flexibility index (Phi) is 6.91. The van der Waals surface area contributed by atoms with Crippen molar-refractivity contribution in [2.75, 3.05) is 7.11 Å². The highest BCUT2D eigenvalue weighted by Gasteiger charge is 2.15. The molecule has 2 heterocycles. The van der Waals surface area contributed by atoms with Gasteiger partial charge in [0.1, 0.15) is 18.0 Å². The lowest BCUT2D eigenvalue weighted by Gasteiger charge is -2.13. The minimum absolute atomic E-state index is 0.0997. The first-order chi connectivity index (χ1) is 16.4. The summed E-state index contributed by atoms with van der Waals surface area (Å²) in [5, 5.41) is 2.78. The Morgan fingerprint density at radius 3 is 2.68 bits per heavy atom. The average Bonchev–Trinajstić information content (AvgIpc) is 3.26. The van der Waals surface area contributed by atoms with Gasteiger partial charge in [-0.3, -0.25) is 4.79 Å². The van der Waals surface area contributed by atoms with Crippen LogP contribution in [0.15, 0.2) is 67.0 Å². The van der Waals surface area contributed by atoms with Gasteiger partial charge in [-0.1, -0.05) is 24.3 Å². The second-order valence-electron chi connectivity index (χ2n) is 7.49. The molecule has 0 aliphatic heterocycles. The van der Waals surface area contributed by atoms with E-state index in [2.05, 4.69) is 15.0 Å². The van der Waals surface area contributed by atoms with Crippen molar-refractivity contribution in [3.8, 4) is 17.2 Å². The third-order valence-corrected chi connectivity index (χ3v) is 5.13. The van der Waals surface area contributed by atoms with Crippen molar-refractivity contribution in [2.45, 2.75) is 26.7 Å². The first-order valence-electron chi connectivity index (χ1n) is 10.5. The third-order valence-electron chi connectivity index (χ3n) is 5.13. The Hall–Kier alpha value is -4.14. The molecule has 0 spiro atoms. The van der Waals surface area contributed by atoms with Gasteiger partial charge in [-0.05, 0) is 48.4 Å². The second-order valence-corrected chi connectivity index (χ2v) is 7.49. The number of hydrogen-bond donors (Lipinski definition) is 1. The van der Waals surface area contributed by atoms with Crippen molar-refractivity contribution < 1.29 is 27.8 Å². The van der Waals surface area contributed by atoms with Crippen molar-refractivity contribution in [3.63, 3.8) is 0 Å². The van der Waals surface area contributed by atoms with Crippen LogP contribution in [0.2, 0.25) is 0 Å². The number of hydrogen-bond acceptors (Lipinski definition) is 5. The zero-order chi connectivity index (χ0) is 24.1. The van der Waals surface area contributed by atoms with Gasteiger partial charge in [-0.2, -0.15) is 8.78 Å². The summed E-state index contributed by atoms with van der Waals surface area (Å²) in [5.74, 6) is 0.116. The lowest BCUT2D eigenvalue weighted by atomic mass is 10.1. The number of carbonyl (C=O) groups excluding carboxylic acids is 1. The molecule has 4 rings (SSSR count). The minimum Gasteiger partial charge on any atom is -0.493 e. The fourth-order valence-electron chi connectivity index (χ4n) is 3.50. The highest BCUT2D eigenvalue weighted by molar-refractivity contribution is 5.96. The number of amides is 1. The zero-order valence-corrected chi connectivity index (χ0v) is 18.6. The van der Waals surface area contributed by atoms with Crippen LogP contribution in [0.25, 0.3) is 5.65 Å². The van der Waals surface area contributed by atoms with Gasteiger partial charge >= 0.3 is 6.61 Å². The smallest absolute Gasteiger partial charge is 0.387 e. The zero-order valence-electron chi connectivity index (χ0n) is 18.6. The lowest BCUT2D eigenvalue weighted by molar-refractivity contribution is -0.0512. The summed E-state index contributed by atoms with van der Waals surface area (Å²) in [6.45, 7) is -0.710. The van der Waals surface area contributed by atoms with Crippen molar-refractivity contribution in [2.24, 2.45) is 0 Å². The molecule has 9 heteroatoms. The Balaban J connectivity index is 1.43. The number of nitrogens with one attached hydrogen (secondary N) is 1. The Morgan fingerprint density at radius 2 is 1.91 bits per heavy atom. The molecule has 0 aliphatic rings. The molecule has 2 aromatic carbocycles. The maximum Gasteiger partial charge on any atom is 0.387 e. The molecule has 4 aromatic rings. The molecule has 0 atom stereocenters. The van der Waals surface area contributed by atoms with E-state index < -0.39 is 6.61 Å². The molecule has 1 amide bonds. The van der Waals surface area contributed by atoms with Crippen molar-refractivity contribution >= 4 is 11.6 Å². The van der Waals surface area contributed by atoms with Crippen LogP contribution >= 0.6 is 0 Å². The first kappa shape index (κ1) is 23.0. The summed E-state index contributed by atoms with van der Waals surface area (Å²) in [5.41, 5.74) is 3.55. The van der Waals surface area contributed by atoms with E-state index in [0.29, 0.717) is 16.9 Å². The van der Waals surface area contributed by atoms with Gasteiger partial charge in [0.15, 0.2) is 11.5 Å². The Labute approximate surface area is 194 Å². The molecule has 1 N–H and O–H groups in total. The fraction of sp³-hybridized carbons (Fsp3) is 0.200. The molecule has 0 bridgehead atoms. The first-order valence-corrected chi connectivity index (χ1v) is 10.5. The SMILES string of the molecule is COc1ccc(CNC(=O)c2ccccc2OCc2cn3cccc(C)c3n2)cc1OC(F)F. The number of halogens is 2. The Morgan fingerprint density at radius 1 is 1.09 bits per heavy atom. The fourth-order valence-corrected chi connectivity index (χ4v) is 3.50. The number of para-hydroxylation sites is 1. The van der Waals surface area contributed by atoms with Gasteiger partial charge in [0, 0.05) is 18.9 Å². The number of rotatable bonds is 9. The van der Waals surface area contributed by atoms with Crippen molar-refractivity contribution in [3.05, 3.63) is 89.4 Å². The maximum absolute atomic E-state index is 12.8. The number of imidazole rings is 1. The highest BCUT2D eigenvalue weighted by atomic mass is 19.3. The molecule has 0 saturated heterocycles. The van der Waals surface area contributed by atoms with Gasteiger partial charge in [0.05, 0.1) is 18.4 Å². The molecule has 2 aromatic heterocycles. The van der Waals surface area contributed by atoms with E-state index in [-0.39, 0.29) is 30.6 Å². The van der Waals surface area contributed by atoms with E-state index in [0.717, 1.165) is 16.9 Å². The summed E-state index contributed by atoms with van der Waals surface area (Å²) in [7, 11) is 1.36. The molecular weight excluding hydrogens is 444 g/mol. The largest absolute Gasteiger partial charge is 0.493 e. The van der Waals surface area contributed by atoms with Gasteiger partial charge in [-0.25, -0.2) is 4.98 Å². The summed E-state index contributed by atoms with van der Waals surface area (Å²) in [4.78, 5) is 17.4. The number of ether oxygens (including phenoxy) is 3. The molecule has 0 unspecified atom stereocenters. The number of aromatic nitrogens is 2. The Bertz CT molecular complexity index is 1310. The molecule has 7 nitrogen and oxygen atoms in total. The van der Waals surface area contributed by atoms with Crippen LogP contribution in [-0.4, -0.2) is 29.0 Å². The molecule has 34 heavy (non-hydrogen) atoms. The summed E-state index contributed by atoms with van der Waals surface area (Å²) < 4.78 is 42.7. The predicted octanol–water partition coefficient (Wildman–Crippen LogP) is 4.76. The standard InChI is InChI=1S/C25H23F2N3O4/c1-16-6-5-11-30-14-18(29-23(16)30)15-33-20-8-4-3-7-19(20)24(31)28-13-17-9-10-21(32-2)22(12-17)34-25(26)27/h3-12,14,25H,13,15H2,1-2H3,(H,28,31). The third kappa shape index (κ3) is 5.25. The topological polar surface area (TPSA) is 74.1 Å². The van der Waals surface area contributed by atoms with Crippen LogP contribution in [-0.2, 0) is 13.2 Å². The number of aryl methyl sites for hydroxylation is 1. The number of nitrogens with zero attached hydrogens (tertiary/aromatic N) is 2. The van der Waals surface area contributed by atoms with Crippen molar-refractivity contribution in [1.82, 2.24) is 14.7 Å². The quantitative estimate of drug-likeness (QED) is 0.384. The van der Waals surface area contributed by atoms with E-state index in [1.54, 1.807) is 30.3 Å². The van der Waals surface area contributed by atoms with Gasteiger partial charge in [0.2, 0.25) is 0 Å².